The number of alkyl halides is 3. The molecule has 0 aromatic rings. The summed E-state index contributed by atoms with van der Waals surface area (Å²) in [7, 11) is 0. The third-order valence-electron chi connectivity index (χ3n) is 8.88. The lowest BCUT2D eigenvalue weighted by atomic mass is 9.47. The van der Waals surface area contributed by atoms with Crippen molar-refractivity contribution in [2.45, 2.75) is 84.9 Å². The zero-order chi connectivity index (χ0) is 24.3. The van der Waals surface area contributed by atoms with Crippen LogP contribution in [0.4, 0.5) is 13.2 Å². The minimum atomic E-state index is -4.93. The Morgan fingerprint density at radius 3 is 2.33 bits per heavy atom. The number of ketones is 1. The molecule has 4 aliphatic rings. The highest BCUT2D eigenvalue weighted by atomic mass is 19.4. The van der Waals surface area contributed by atoms with E-state index in [0.717, 1.165) is 44.6 Å². The maximum absolute atomic E-state index is 13.7. The number of hydrogen-bond donors (Lipinski definition) is 0. The monoisotopic (exact) mass is 468 g/mol. The highest BCUT2D eigenvalue weighted by Gasteiger charge is 2.60. The van der Waals surface area contributed by atoms with Crippen molar-refractivity contribution < 1.29 is 37.0 Å². The van der Waals surface area contributed by atoms with Crippen LogP contribution in [-0.2, 0) is 23.9 Å². The number of halogens is 3. The van der Waals surface area contributed by atoms with E-state index in [1.54, 1.807) is 0 Å². The first-order valence-corrected chi connectivity index (χ1v) is 11.7. The Labute approximate surface area is 191 Å². The molecule has 0 spiro atoms. The second kappa shape index (κ2) is 7.98. The molecule has 0 radical (unpaired) electrons. The molecule has 5 nitrogen and oxygen atoms in total. The van der Waals surface area contributed by atoms with E-state index >= 15 is 0 Å². The quantitative estimate of drug-likeness (QED) is 0.307. The smallest absolute Gasteiger partial charge is 0.450 e. The molecule has 0 saturated heterocycles. The fourth-order valence-corrected chi connectivity index (χ4v) is 7.48. The number of hydrogen-bond acceptors (Lipinski definition) is 5. The van der Waals surface area contributed by atoms with Crippen molar-refractivity contribution in [1.29, 1.82) is 0 Å². The molecule has 0 bridgehead atoms. The second-order valence-corrected chi connectivity index (χ2v) is 10.7. The maximum Gasteiger partial charge on any atom is 0.450 e. The highest BCUT2D eigenvalue weighted by Crippen LogP contribution is 2.66. The summed E-state index contributed by atoms with van der Waals surface area (Å²) in [6.45, 7) is 6.47. The molecule has 3 saturated carbocycles. The van der Waals surface area contributed by atoms with Gasteiger partial charge in [-0.3, -0.25) is 14.4 Å². The molecule has 4 aliphatic carbocycles. The molecule has 0 aliphatic heterocycles. The summed E-state index contributed by atoms with van der Waals surface area (Å²) < 4.78 is 51.4. The van der Waals surface area contributed by atoms with Crippen molar-refractivity contribution >= 4 is 17.7 Å². The molecular formula is C25H31F3O5. The Morgan fingerprint density at radius 1 is 1.03 bits per heavy atom. The summed E-state index contributed by atoms with van der Waals surface area (Å²) in [5.74, 6) is -2.86. The number of carbonyl (C=O) groups excluding carboxylic acids is 3. The molecule has 182 valence electrons. The van der Waals surface area contributed by atoms with Crippen molar-refractivity contribution in [1.82, 2.24) is 0 Å². The molecule has 0 amide bonds. The number of allylic oxidation sites excluding steroid dienone is 3. The third kappa shape index (κ3) is 3.93. The molecule has 0 aromatic carbocycles. The van der Waals surface area contributed by atoms with Crippen LogP contribution in [0.15, 0.2) is 23.0 Å². The Morgan fingerprint density at radius 2 is 1.73 bits per heavy atom. The van der Waals surface area contributed by atoms with Gasteiger partial charge in [0.15, 0.2) is 5.78 Å². The number of fused-ring (bicyclic) bond motifs is 5. The van der Waals surface area contributed by atoms with E-state index in [0.29, 0.717) is 12.3 Å². The molecular weight excluding hydrogens is 437 g/mol. The van der Waals surface area contributed by atoms with Gasteiger partial charge in [-0.2, -0.15) is 13.2 Å². The Hall–Kier alpha value is -2.12. The Bertz CT molecular complexity index is 948. The third-order valence-corrected chi connectivity index (χ3v) is 8.88. The SMILES string of the molecule is CC(=O)OC(=C1CC2(C)C(=CC1=O)CCC1C2CCC2(C)C(OC(C)=O)CCC12)C(F)(F)F. The van der Waals surface area contributed by atoms with E-state index in [2.05, 4.69) is 11.7 Å². The maximum atomic E-state index is 13.7. The average molecular weight is 469 g/mol. The summed E-state index contributed by atoms with van der Waals surface area (Å²) in [4.78, 5) is 35.7. The molecule has 8 heteroatoms. The van der Waals surface area contributed by atoms with Crippen molar-refractivity contribution in [2.24, 2.45) is 28.6 Å². The predicted molar refractivity (Wildman–Crippen MR) is 112 cm³/mol. The molecule has 33 heavy (non-hydrogen) atoms. The van der Waals surface area contributed by atoms with E-state index in [-0.39, 0.29) is 35.7 Å². The van der Waals surface area contributed by atoms with E-state index in [1.165, 1.54) is 13.0 Å². The first-order valence-electron chi connectivity index (χ1n) is 11.7. The molecule has 0 heterocycles. The topological polar surface area (TPSA) is 69.7 Å². The van der Waals surface area contributed by atoms with Gasteiger partial charge >= 0.3 is 18.1 Å². The average Bonchev–Trinajstić information content (AvgIpc) is 3.01. The predicted octanol–water partition coefficient (Wildman–Crippen LogP) is 5.44. The van der Waals surface area contributed by atoms with Crippen LogP contribution in [0.2, 0.25) is 0 Å². The molecule has 3 fully saturated rings. The van der Waals surface area contributed by atoms with Gasteiger partial charge in [-0.25, -0.2) is 0 Å². The first kappa shape index (κ1) is 24.0. The summed E-state index contributed by atoms with van der Waals surface area (Å²) in [5, 5.41) is 0. The van der Waals surface area contributed by atoms with Crippen LogP contribution in [0.25, 0.3) is 0 Å². The molecule has 0 aromatic heterocycles. The van der Waals surface area contributed by atoms with Gasteiger partial charge in [0.1, 0.15) is 6.10 Å². The standard InChI is InChI=1S/C25H31F3O5/c1-13(29)32-21-8-7-18-16-6-5-15-11-20(31)17(22(25(26,27)28)33-14(2)30)12-24(15,4)19(16)9-10-23(18,21)3/h11,16,18-19,21H,5-10,12H2,1-4H3. The van der Waals surface area contributed by atoms with Crippen LogP contribution in [0.5, 0.6) is 0 Å². The van der Waals surface area contributed by atoms with Crippen LogP contribution in [0.3, 0.4) is 0 Å². The lowest BCUT2D eigenvalue weighted by molar-refractivity contribution is -0.159. The van der Waals surface area contributed by atoms with Crippen LogP contribution in [0.1, 0.15) is 72.6 Å². The van der Waals surface area contributed by atoms with Crippen molar-refractivity contribution in [3.8, 4) is 0 Å². The van der Waals surface area contributed by atoms with Gasteiger partial charge < -0.3 is 9.47 Å². The van der Waals surface area contributed by atoms with E-state index < -0.39 is 34.7 Å². The normalized spacial score (nSPS) is 39.6. The Kier molecular flexibility index (Phi) is 5.81. The van der Waals surface area contributed by atoms with Gasteiger partial charge in [-0.1, -0.05) is 19.4 Å². The van der Waals surface area contributed by atoms with Crippen LogP contribution >= 0.6 is 0 Å². The van der Waals surface area contributed by atoms with E-state index in [1.807, 2.05) is 6.92 Å². The largest absolute Gasteiger partial charge is 0.462 e. The molecule has 6 unspecified atom stereocenters. The van der Waals surface area contributed by atoms with Crippen LogP contribution in [-0.4, -0.2) is 30.0 Å². The number of ether oxygens (including phenoxy) is 2. The minimum absolute atomic E-state index is 0.0856. The van der Waals surface area contributed by atoms with Gasteiger partial charge in [0.2, 0.25) is 5.76 Å². The van der Waals surface area contributed by atoms with E-state index in [9.17, 15) is 27.6 Å². The summed E-state index contributed by atoms with van der Waals surface area (Å²) >= 11 is 0. The van der Waals surface area contributed by atoms with Gasteiger partial charge in [-0.15, -0.1) is 0 Å². The van der Waals surface area contributed by atoms with Crippen LogP contribution in [0, 0.1) is 28.6 Å². The minimum Gasteiger partial charge on any atom is -0.462 e. The number of esters is 2. The Balaban J connectivity index is 1.70. The molecule has 4 rings (SSSR count). The van der Waals surface area contributed by atoms with Gasteiger partial charge in [0, 0.05) is 24.8 Å². The second-order valence-electron chi connectivity index (χ2n) is 10.7. The fraction of sp³-hybridized carbons (Fsp3) is 0.720. The highest BCUT2D eigenvalue weighted by molar-refractivity contribution is 6.06. The van der Waals surface area contributed by atoms with Gasteiger partial charge in [0.25, 0.3) is 0 Å². The first-order chi connectivity index (χ1) is 15.3. The van der Waals surface area contributed by atoms with Crippen molar-refractivity contribution in [3.63, 3.8) is 0 Å². The van der Waals surface area contributed by atoms with Gasteiger partial charge in [-0.05, 0) is 74.2 Å². The number of rotatable bonds is 2. The summed E-state index contributed by atoms with van der Waals surface area (Å²) in [6.07, 6.45) is 1.09. The lowest BCUT2D eigenvalue weighted by Crippen LogP contribution is -2.52. The fourth-order valence-electron chi connectivity index (χ4n) is 7.48. The van der Waals surface area contributed by atoms with Crippen LogP contribution < -0.4 is 0 Å². The van der Waals surface area contributed by atoms with E-state index in [4.69, 9.17) is 4.74 Å². The summed E-state index contributed by atoms with van der Waals surface area (Å²) in [5.41, 5.74) is -0.298. The summed E-state index contributed by atoms with van der Waals surface area (Å²) in [6, 6.07) is 0. The zero-order valence-corrected chi connectivity index (χ0v) is 19.5. The molecule has 0 N–H and O–H groups in total. The number of carbonyl (C=O) groups is 3. The molecule has 6 atom stereocenters. The van der Waals surface area contributed by atoms with Crippen molar-refractivity contribution in [2.75, 3.05) is 0 Å². The lowest BCUT2D eigenvalue weighted by Gasteiger charge is -2.58. The zero-order valence-electron chi connectivity index (χ0n) is 19.5. The van der Waals surface area contributed by atoms with Crippen molar-refractivity contribution in [3.05, 3.63) is 23.0 Å². The van der Waals surface area contributed by atoms with Gasteiger partial charge in [0.05, 0.1) is 0 Å².